The number of carbonyl (C=O) groups excluding carboxylic acids is 1. The Balaban J connectivity index is 1.98. The molecule has 3 nitrogen and oxygen atoms in total. The number of nitrogens with one attached hydrogen (secondary N) is 2. The lowest BCUT2D eigenvalue weighted by Crippen LogP contribution is -2.06. The summed E-state index contributed by atoms with van der Waals surface area (Å²) in [6, 6.07) is 12.2. The van der Waals surface area contributed by atoms with Gasteiger partial charge in [0.05, 0.1) is 0 Å². The molecule has 2 aromatic carbocycles. The fourth-order valence-electron chi connectivity index (χ4n) is 1.93. The maximum atomic E-state index is 13.0. The van der Waals surface area contributed by atoms with Crippen molar-refractivity contribution in [2.45, 2.75) is 20.4 Å². The summed E-state index contributed by atoms with van der Waals surface area (Å²) in [6.07, 6.45) is 0. The summed E-state index contributed by atoms with van der Waals surface area (Å²) in [4.78, 5) is 10.9. The predicted molar refractivity (Wildman–Crippen MR) is 79.2 cm³/mol. The van der Waals surface area contributed by atoms with Crippen molar-refractivity contribution in [3.05, 3.63) is 59.4 Å². The molecule has 0 aliphatic heterocycles. The second kappa shape index (κ2) is 6.19. The number of amides is 1. The highest BCUT2D eigenvalue weighted by atomic mass is 19.1. The van der Waals surface area contributed by atoms with E-state index in [1.54, 1.807) is 6.07 Å². The van der Waals surface area contributed by atoms with Crippen molar-refractivity contribution in [3.63, 3.8) is 0 Å². The molecule has 0 heterocycles. The first-order chi connectivity index (χ1) is 9.54. The fraction of sp³-hybridized carbons (Fsp3) is 0.188. The average Bonchev–Trinajstić information content (AvgIpc) is 2.39. The first-order valence-corrected chi connectivity index (χ1v) is 6.41. The van der Waals surface area contributed by atoms with E-state index in [1.165, 1.54) is 19.1 Å². The van der Waals surface area contributed by atoms with Crippen LogP contribution in [-0.4, -0.2) is 5.91 Å². The molecule has 0 saturated carbocycles. The Kier molecular flexibility index (Phi) is 4.35. The molecule has 20 heavy (non-hydrogen) atoms. The zero-order valence-electron chi connectivity index (χ0n) is 11.5. The first-order valence-electron chi connectivity index (χ1n) is 6.41. The van der Waals surface area contributed by atoms with E-state index in [1.807, 2.05) is 31.2 Å². The molecule has 1 amide bonds. The molecule has 0 aromatic heterocycles. The number of halogens is 1. The number of carbonyl (C=O) groups is 1. The van der Waals surface area contributed by atoms with Gasteiger partial charge in [-0.3, -0.25) is 4.79 Å². The minimum atomic E-state index is -0.217. The Labute approximate surface area is 117 Å². The van der Waals surface area contributed by atoms with Gasteiger partial charge in [0, 0.05) is 24.8 Å². The molecule has 0 spiro atoms. The third kappa shape index (κ3) is 3.82. The Hall–Kier alpha value is -2.36. The Morgan fingerprint density at radius 1 is 1.10 bits per heavy atom. The monoisotopic (exact) mass is 272 g/mol. The van der Waals surface area contributed by atoms with Crippen LogP contribution in [0.5, 0.6) is 0 Å². The molecule has 0 unspecified atom stereocenters. The van der Waals surface area contributed by atoms with Crippen molar-refractivity contribution >= 4 is 17.3 Å². The van der Waals surface area contributed by atoms with Crippen LogP contribution in [0, 0.1) is 12.7 Å². The van der Waals surface area contributed by atoms with Crippen molar-refractivity contribution in [1.82, 2.24) is 0 Å². The average molecular weight is 272 g/mol. The van der Waals surface area contributed by atoms with Crippen LogP contribution < -0.4 is 10.6 Å². The number of hydrogen-bond acceptors (Lipinski definition) is 2. The molecule has 104 valence electrons. The van der Waals surface area contributed by atoms with E-state index in [9.17, 15) is 9.18 Å². The molecule has 0 saturated heterocycles. The third-order valence-corrected chi connectivity index (χ3v) is 2.99. The number of hydrogen-bond donors (Lipinski definition) is 2. The number of benzene rings is 2. The highest BCUT2D eigenvalue weighted by molar-refractivity contribution is 5.88. The standard InChI is InChI=1S/C16H17FN2O/c1-11-9-14(17)4-3-13(11)10-18-15-5-7-16(8-6-15)19-12(2)20/h3-9,18H,10H2,1-2H3,(H,19,20). The minimum Gasteiger partial charge on any atom is -0.381 e. The Bertz CT molecular complexity index is 608. The van der Waals surface area contributed by atoms with E-state index >= 15 is 0 Å². The zero-order valence-corrected chi connectivity index (χ0v) is 11.5. The first kappa shape index (κ1) is 14.1. The predicted octanol–water partition coefficient (Wildman–Crippen LogP) is 3.70. The van der Waals surface area contributed by atoms with Gasteiger partial charge >= 0.3 is 0 Å². The van der Waals surface area contributed by atoms with Gasteiger partial charge < -0.3 is 10.6 Å². The molecule has 0 atom stereocenters. The molecule has 0 radical (unpaired) electrons. The lowest BCUT2D eigenvalue weighted by molar-refractivity contribution is -0.114. The Morgan fingerprint density at radius 3 is 2.35 bits per heavy atom. The number of rotatable bonds is 4. The molecule has 0 fully saturated rings. The summed E-state index contributed by atoms with van der Waals surface area (Å²) < 4.78 is 13.0. The van der Waals surface area contributed by atoms with Gasteiger partial charge in [-0.1, -0.05) is 6.07 Å². The van der Waals surface area contributed by atoms with Crippen molar-refractivity contribution in [1.29, 1.82) is 0 Å². The normalized spacial score (nSPS) is 10.2. The molecule has 0 aliphatic carbocycles. The van der Waals surface area contributed by atoms with Crippen LogP contribution in [0.3, 0.4) is 0 Å². The van der Waals surface area contributed by atoms with Gasteiger partial charge in [-0.25, -0.2) is 4.39 Å². The number of aryl methyl sites for hydroxylation is 1. The van der Waals surface area contributed by atoms with Crippen molar-refractivity contribution in [2.75, 3.05) is 10.6 Å². The number of anilines is 2. The third-order valence-electron chi connectivity index (χ3n) is 2.99. The topological polar surface area (TPSA) is 41.1 Å². The van der Waals surface area contributed by atoms with E-state index in [2.05, 4.69) is 10.6 Å². The van der Waals surface area contributed by atoms with E-state index < -0.39 is 0 Å². The fourth-order valence-corrected chi connectivity index (χ4v) is 1.93. The summed E-state index contributed by atoms with van der Waals surface area (Å²) in [6.45, 7) is 4.00. The molecule has 0 bridgehead atoms. The smallest absolute Gasteiger partial charge is 0.221 e. The Morgan fingerprint density at radius 2 is 1.75 bits per heavy atom. The molecular weight excluding hydrogens is 255 g/mol. The molecule has 2 aromatic rings. The molecular formula is C16H17FN2O. The maximum absolute atomic E-state index is 13.0. The second-order valence-corrected chi connectivity index (χ2v) is 4.68. The highest BCUT2D eigenvalue weighted by Gasteiger charge is 2.01. The lowest BCUT2D eigenvalue weighted by Gasteiger charge is -2.10. The van der Waals surface area contributed by atoms with E-state index in [0.29, 0.717) is 6.54 Å². The summed E-state index contributed by atoms with van der Waals surface area (Å²) in [5.41, 5.74) is 3.69. The highest BCUT2D eigenvalue weighted by Crippen LogP contribution is 2.16. The summed E-state index contributed by atoms with van der Waals surface area (Å²) in [5, 5.41) is 5.98. The van der Waals surface area contributed by atoms with Crippen LogP contribution in [0.25, 0.3) is 0 Å². The van der Waals surface area contributed by atoms with E-state index in [-0.39, 0.29) is 11.7 Å². The van der Waals surface area contributed by atoms with Crippen LogP contribution in [0.15, 0.2) is 42.5 Å². The zero-order chi connectivity index (χ0) is 14.5. The largest absolute Gasteiger partial charge is 0.381 e. The SMILES string of the molecule is CC(=O)Nc1ccc(NCc2ccc(F)cc2C)cc1. The quantitative estimate of drug-likeness (QED) is 0.891. The summed E-state index contributed by atoms with van der Waals surface area (Å²) >= 11 is 0. The summed E-state index contributed by atoms with van der Waals surface area (Å²) in [5.74, 6) is -0.307. The van der Waals surface area contributed by atoms with Crippen LogP contribution in [0.2, 0.25) is 0 Å². The van der Waals surface area contributed by atoms with E-state index in [0.717, 1.165) is 22.5 Å². The lowest BCUT2D eigenvalue weighted by atomic mass is 10.1. The van der Waals surface area contributed by atoms with Gasteiger partial charge in [0.25, 0.3) is 0 Å². The summed E-state index contributed by atoms with van der Waals surface area (Å²) in [7, 11) is 0. The van der Waals surface area contributed by atoms with Gasteiger partial charge in [-0.05, 0) is 54.4 Å². The van der Waals surface area contributed by atoms with Crippen molar-refractivity contribution in [3.8, 4) is 0 Å². The molecule has 4 heteroatoms. The van der Waals surface area contributed by atoms with Crippen molar-refractivity contribution in [2.24, 2.45) is 0 Å². The molecule has 2 rings (SSSR count). The van der Waals surface area contributed by atoms with Gasteiger partial charge in [0.2, 0.25) is 5.91 Å². The minimum absolute atomic E-state index is 0.0901. The molecule has 0 aliphatic rings. The van der Waals surface area contributed by atoms with E-state index in [4.69, 9.17) is 0 Å². The van der Waals surface area contributed by atoms with Crippen LogP contribution >= 0.6 is 0 Å². The van der Waals surface area contributed by atoms with Crippen molar-refractivity contribution < 1.29 is 9.18 Å². The van der Waals surface area contributed by atoms with Gasteiger partial charge in [-0.2, -0.15) is 0 Å². The van der Waals surface area contributed by atoms with Crippen LogP contribution in [0.4, 0.5) is 15.8 Å². The van der Waals surface area contributed by atoms with Gasteiger partial charge in [0.1, 0.15) is 5.82 Å². The maximum Gasteiger partial charge on any atom is 0.221 e. The second-order valence-electron chi connectivity index (χ2n) is 4.68. The van der Waals surface area contributed by atoms with Gasteiger partial charge in [-0.15, -0.1) is 0 Å². The van der Waals surface area contributed by atoms with Crippen LogP contribution in [-0.2, 0) is 11.3 Å². The van der Waals surface area contributed by atoms with Crippen LogP contribution in [0.1, 0.15) is 18.1 Å². The molecule has 2 N–H and O–H groups in total. The van der Waals surface area contributed by atoms with Gasteiger partial charge in [0.15, 0.2) is 0 Å².